The minimum atomic E-state index is -4.25. The Morgan fingerprint density at radius 1 is 1.44 bits per heavy atom. The van der Waals surface area contributed by atoms with Gasteiger partial charge in [0, 0.05) is 25.0 Å². The Balaban J connectivity index is 2.35. The Hall–Kier alpha value is -1.01. The molecule has 1 N–H and O–H groups in total. The highest BCUT2D eigenvalue weighted by Crippen LogP contribution is 2.16. The number of hydrogen-bond acceptors (Lipinski definition) is 2. The highest BCUT2D eigenvalue weighted by atomic mass is 19.4. The van der Waals surface area contributed by atoms with Crippen molar-refractivity contribution >= 4 is 0 Å². The van der Waals surface area contributed by atoms with Gasteiger partial charge < -0.3 is 14.6 Å². The third-order valence-corrected chi connectivity index (χ3v) is 2.69. The molecule has 0 aliphatic heterocycles. The molecule has 0 aliphatic carbocycles. The van der Waals surface area contributed by atoms with Crippen molar-refractivity contribution in [2.75, 3.05) is 20.3 Å². The van der Waals surface area contributed by atoms with Crippen molar-refractivity contribution < 1.29 is 17.9 Å². The Bertz CT molecular complexity index is 345. The van der Waals surface area contributed by atoms with Crippen LogP contribution in [0.3, 0.4) is 0 Å². The van der Waals surface area contributed by atoms with E-state index < -0.39 is 12.8 Å². The first-order chi connectivity index (χ1) is 8.46. The van der Waals surface area contributed by atoms with Gasteiger partial charge in [-0.25, -0.2) is 0 Å². The standard InChI is InChI=1S/C12H19F3N2O/c1-3-11(16-2)10-4-5-17(8-10)6-7-18-9-12(13,14)15/h4-5,8,11,16H,3,6-7,9H2,1-2H3. The molecule has 0 amide bonds. The van der Waals surface area contributed by atoms with E-state index in [2.05, 4.69) is 17.0 Å². The highest BCUT2D eigenvalue weighted by molar-refractivity contribution is 5.15. The maximum absolute atomic E-state index is 11.8. The van der Waals surface area contributed by atoms with Gasteiger partial charge in [-0.2, -0.15) is 13.2 Å². The molecule has 1 heterocycles. The molecule has 0 radical (unpaired) electrons. The Morgan fingerprint density at radius 3 is 2.72 bits per heavy atom. The molecule has 6 heteroatoms. The van der Waals surface area contributed by atoms with Crippen molar-refractivity contribution in [2.45, 2.75) is 32.1 Å². The van der Waals surface area contributed by atoms with Crippen molar-refractivity contribution in [1.29, 1.82) is 0 Å². The van der Waals surface area contributed by atoms with Crippen LogP contribution in [0.4, 0.5) is 13.2 Å². The van der Waals surface area contributed by atoms with Gasteiger partial charge in [-0.05, 0) is 25.1 Å². The van der Waals surface area contributed by atoms with Gasteiger partial charge in [0.25, 0.3) is 0 Å². The largest absolute Gasteiger partial charge is 0.411 e. The summed E-state index contributed by atoms with van der Waals surface area (Å²) in [6.07, 6.45) is 0.500. The van der Waals surface area contributed by atoms with Gasteiger partial charge in [0.05, 0.1) is 6.61 Å². The average molecular weight is 264 g/mol. The molecule has 1 unspecified atom stereocenters. The number of hydrogen-bond donors (Lipinski definition) is 1. The first-order valence-corrected chi connectivity index (χ1v) is 5.93. The van der Waals surface area contributed by atoms with Crippen molar-refractivity contribution in [2.24, 2.45) is 0 Å². The van der Waals surface area contributed by atoms with E-state index in [0.29, 0.717) is 6.54 Å². The second-order valence-electron chi connectivity index (χ2n) is 4.10. The molecule has 0 aromatic carbocycles. The number of ether oxygens (including phenoxy) is 1. The van der Waals surface area contributed by atoms with Crippen LogP contribution < -0.4 is 5.32 Å². The highest BCUT2D eigenvalue weighted by Gasteiger charge is 2.27. The number of nitrogens with zero attached hydrogens (tertiary/aromatic N) is 1. The second-order valence-corrected chi connectivity index (χ2v) is 4.10. The predicted octanol–water partition coefficient (Wildman–Crippen LogP) is 2.74. The first kappa shape index (κ1) is 15.0. The Morgan fingerprint density at radius 2 is 2.17 bits per heavy atom. The van der Waals surface area contributed by atoms with Gasteiger partial charge in [0.1, 0.15) is 6.61 Å². The molecular formula is C12H19F3N2O. The molecule has 0 fully saturated rings. The van der Waals surface area contributed by atoms with Gasteiger partial charge in [0.2, 0.25) is 0 Å². The lowest BCUT2D eigenvalue weighted by Gasteiger charge is -2.11. The number of nitrogens with one attached hydrogen (secondary N) is 1. The maximum Gasteiger partial charge on any atom is 0.411 e. The topological polar surface area (TPSA) is 26.2 Å². The van der Waals surface area contributed by atoms with Crippen molar-refractivity contribution in [3.63, 3.8) is 0 Å². The van der Waals surface area contributed by atoms with Gasteiger partial charge in [-0.1, -0.05) is 6.92 Å². The minimum Gasteiger partial charge on any atom is -0.370 e. The van der Waals surface area contributed by atoms with Crippen LogP contribution in [-0.2, 0) is 11.3 Å². The summed E-state index contributed by atoms with van der Waals surface area (Å²) in [6, 6.07) is 2.25. The van der Waals surface area contributed by atoms with E-state index in [-0.39, 0.29) is 12.6 Å². The lowest BCUT2D eigenvalue weighted by atomic mass is 10.1. The zero-order valence-electron chi connectivity index (χ0n) is 10.6. The zero-order chi connectivity index (χ0) is 13.6. The van der Waals surface area contributed by atoms with E-state index in [1.807, 2.05) is 30.1 Å². The quantitative estimate of drug-likeness (QED) is 0.766. The fraction of sp³-hybridized carbons (Fsp3) is 0.667. The van der Waals surface area contributed by atoms with Crippen LogP contribution >= 0.6 is 0 Å². The molecule has 1 aromatic heterocycles. The molecule has 104 valence electrons. The van der Waals surface area contributed by atoms with Crippen LogP contribution in [0, 0.1) is 0 Å². The number of alkyl halides is 3. The number of halogens is 3. The molecule has 0 saturated heterocycles. The van der Waals surface area contributed by atoms with Crippen LogP contribution in [0.5, 0.6) is 0 Å². The van der Waals surface area contributed by atoms with E-state index in [1.54, 1.807) is 0 Å². The molecule has 1 rings (SSSR count). The molecule has 1 atom stereocenters. The fourth-order valence-electron chi connectivity index (χ4n) is 1.77. The summed E-state index contributed by atoms with van der Waals surface area (Å²) in [5.41, 5.74) is 1.14. The molecule has 18 heavy (non-hydrogen) atoms. The molecule has 0 saturated carbocycles. The van der Waals surface area contributed by atoms with Crippen LogP contribution in [0.1, 0.15) is 24.9 Å². The fourth-order valence-corrected chi connectivity index (χ4v) is 1.77. The van der Waals surface area contributed by atoms with Crippen LogP contribution in [0.25, 0.3) is 0 Å². The summed E-state index contributed by atoms with van der Waals surface area (Å²) in [4.78, 5) is 0. The molecule has 0 bridgehead atoms. The molecule has 0 spiro atoms. The van der Waals surface area contributed by atoms with E-state index in [4.69, 9.17) is 0 Å². The lowest BCUT2D eigenvalue weighted by molar-refractivity contribution is -0.174. The number of rotatable bonds is 7. The Labute approximate surface area is 105 Å². The summed E-state index contributed by atoms with van der Waals surface area (Å²) < 4.78 is 41.9. The Kier molecular flexibility index (Phi) is 5.68. The summed E-state index contributed by atoms with van der Waals surface area (Å²) >= 11 is 0. The number of aromatic nitrogens is 1. The van der Waals surface area contributed by atoms with Crippen molar-refractivity contribution in [3.8, 4) is 0 Å². The smallest absolute Gasteiger partial charge is 0.370 e. The van der Waals surface area contributed by atoms with Gasteiger partial charge in [-0.15, -0.1) is 0 Å². The molecule has 3 nitrogen and oxygen atoms in total. The van der Waals surface area contributed by atoms with Gasteiger partial charge in [-0.3, -0.25) is 0 Å². The van der Waals surface area contributed by atoms with E-state index in [9.17, 15) is 13.2 Å². The van der Waals surface area contributed by atoms with Crippen molar-refractivity contribution in [3.05, 3.63) is 24.0 Å². The molecule has 1 aromatic rings. The van der Waals surface area contributed by atoms with Gasteiger partial charge in [0.15, 0.2) is 0 Å². The average Bonchev–Trinajstić information content (AvgIpc) is 2.74. The van der Waals surface area contributed by atoms with E-state index in [1.165, 1.54) is 0 Å². The second kappa shape index (κ2) is 6.80. The third kappa shape index (κ3) is 5.10. The van der Waals surface area contributed by atoms with Crippen molar-refractivity contribution in [1.82, 2.24) is 9.88 Å². The molecule has 0 aliphatic rings. The first-order valence-electron chi connectivity index (χ1n) is 5.93. The normalized spacial score (nSPS) is 13.8. The summed E-state index contributed by atoms with van der Waals surface area (Å²) in [7, 11) is 1.89. The summed E-state index contributed by atoms with van der Waals surface area (Å²) in [5.74, 6) is 0. The van der Waals surface area contributed by atoms with E-state index >= 15 is 0 Å². The predicted molar refractivity (Wildman–Crippen MR) is 63.4 cm³/mol. The van der Waals surface area contributed by atoms with Crippen LogP contribution in [-0.4, -0.2) is 31.0 Å². The monoisotopic (exact) mass is 264 g/mol. The molecular weight excluding hydrogens is 245 g/mol. The third-order valence-electron chi connectivity index (χ3n) is 2.69. The SMILES string of the molecule is CCC(NC)c1ccn(CCOCC(F)(F)F)c1. The zero-order valence-corrected chi connectivity index (χ0v) is 10.6. The summed E-state index contributed by atoms with van der Waals surface area (Å²) in [5, 5.41) is 3.18. The minimum absolute atomic E-state index is 0.0595. The maximum atomic E-state index is 11.8. The van der Waals surface area contributed by atoms with Crippen LogP contribution in [0.2, 0.25) is 0 Å². The van der Waals surface area contributed by atoms with E-state index in [0.717, 1.165) is 12.0 Å². The lowest BCUT2D eigenvalue weighted by Crippen LogP contribution is -2.18. The summed E-state index contributed by atoms with van der Waals surface area (Å²) in [6.45, 7) is 1.38. The van der Waals surface area contributed by atoms with Crippen LogP contribution in [0.15, 0.2) is 18.5 Å². The van der Waals surface area contributed by atoms with Gasteiger partial charge >= 0.3 is 6.18 Å².